The highest BCUT2D eigenvalue weighted by molar-refractivity contribution is 7.08. The lowest BCUT2D eigenvalue weighted by molar-refractivity contribution is 0.363. The van der Waals surface area contributed by atoms with Crippen molar-refractivity contribution >= 4 is 47.8 Å². The lowest BCUT2D eigenvalue weighted by Crippen LogP contribution is -2.74. The first-order valence-corrected chi connectivity index (χ1v) is 21.2. The minimum atomic E-state index is -7.11. The summed E-state index contributed by atoms with van der Waals surface area (Å²) in [6.45, 7) is 0. The van der Waals surface area contributed by atoms with Crippen molar-refractivity contribution in [3.63, 3.8) is 0 Å². The molecule has 0 spiro atoms. The van der Waals surface area contributed by atoms with Gasteiger partial charge in [0.05, 0.1) is 31.1 Å². The van der Waals surface area contributed by atoms with Crippen molar-refractivity contribution in [1.82, 2.24) is 0 Å². The average molecular weight is 1120 g/mol. The maximum Gasteiger partial charge on any atom is 0.306 e. The Bertz CT molecular complexity index is 2580. The molecule has 0 heterocycles. The van der Waals surface area contributed by atoms with Crippen LogP contribution in [0.1, 0.15) is 0 Å². The summed E-state index contributed by atoms with van der Waals surface area (Å²) in [5, 5.41) is -16.5. The summed E-state index contributed by atoms with van der Waals surface area (Å²) < 4.78 is 435. The number of rotatable bonds is 8. The van der Waals surface area contributed by atoms with Crippen LogP contribution in [0.15, 0.2) is 0 Å². The van der Waals surface area contributed by atoms with Crippen LogP contribution in [0, 0.1) is 175 Å². The molecular formula is C38H6F30O2Si2. The first kappa shape index (κ1) is 56.5. The number of hydrogen-bond donors (Lipinski definition) is 0. The monoisotopic (exact) mass is 1120 g/mol. The van der Waals surface area contributed by atoms with Gasteiger partial charge in [-0.2, -0.15) is 0 Å². The van der Waals surface area contributed by atoms with E-state index in [1.807, 2.05) is 0 Å². The van der Waals surface area contributed by atoms with Crippen LogP contribution < -0.4 is 31.1 Å². The van der Waals surface area contributed by atoms with Gasteiger partial charge in [-0.3, -0.25) is 0 Å². The van der Waals surface area contributed by atoms with Gasteiger partial charge in [0.15, 0.2) is 140 Å². The van der Waals surface area contributed by atoms with Crippen LogP contribution >= 0.6 is 0 Å². The second-order valence-electron chi connectivity index (χ2n) is 13.4. The number of hydrogen-bond acceptors (Lipinski definition) is 2. The smallest absolute Gasteiger partial charge is 0.306 e. The summed E-state index contributed by atoms with van der Waals surface area (Å²) in [7, 11) is -14.3. The maximum atomic E-state index is 14.8. The second kappa shape index (κ2) is 19.5. The van der Waals surface area contributed by atoms with Gasteiger partial charge < -0.3 is 8.85 Å². The molecule has 6 aromatic carbocycles. The third-order valence-electron chi connectivity index (χ3n) is 9.98. The van der Waals surface area contributed by atoms with E-state index >= 15 is 0 Å². The first-order valence-electron chi connectivity index (χ1n) is 17.4. The van der Waals surface area contributed by atoms with Crippen LogP contribution in [0.2, 0.25) is 0 Å². The predicted octanol–water partition coefficient (Wildman–Crippen LogP) is 8.77. The van der Waals surface area contributed by atoms with E-state index in [4.69, 9.17) is 0 Å². The number of benzene rings is 6. The molecule has 0 saturated carbocycles. The SMILES string of the molecule is CO[Si](c1c(F)c(F)c(F)c(F)c1F)(c1c(F)c(F)c(F)c(F)c1F)c1c(F)c(F)c(F)c(F)c1F.CO[Si](c1c(F)c(F)c(F)c(F)c1F)(c1c(F)c(F)c(F)c(F)c1F)c1c(F)c(F)c(F)c(F)c1F. The third kappa shape index (κ3) is 7.72. The van der Waals surface area contributed by atoms with Crippen molar-refractivity contribution in [2.45, 2.75) is 0 Å². The van der Waals surface area contributed by atoms with Crippen molar-refractivity contribution < 1.29 is 141 Å². The largest absolute Gasteiger partial charge is 0.407 e. The molecule has 2 nitrogen and oxygen atoms in total. The minimum absolute atomic E-state index is 0.0274. The zero-order valence-corrected chi connectivity index (χ0v) is 35.2. The van der Waals surface area contributed by atoms with Crippen LogP contribution in [0.5, 0.6) is 0 Å². The normalized spacial score (nSPS) is 12.0. The van der Waals surface area contributed by atoms with E-state index in [1.165, 1.54) is 0 Å². The van der Waals surface area contributed by atoms with Gasteiger partial charge in [0.1, 0.15) is 0 Å². The summed E-state index contributed by atoms with van der Waals surface area (Å²) >= 11 is 0. The Balaban J connectivity index is 0.000000267. The van der Waals surface area contributed by atoms with Crippen molar-refractivity contribution in [2.75, 3.05) is 14.2 Å². The minimum Gasteiger partial charge on any atom is -0.407 e. The zero-order chi connectivity index (χ0) is 55.2. The fraction of sp³-hybridized carbons (Fsp3) is 0.0526. The average Bonchev–Trinajstić information content (AvgIpc) is 3.35. The van der Waals surface area contributed by atoms with Gasteiger partial charge in [-0.1, -0.05) is 0 Å². The van der Waals surface area contributed by atoms with Crippen LogP contribution in [-0.4, -0.2) is 30.9 Å². The third-order valence-corrected chi connectivity index (χ3v) is 18.1. The Morgan fingerprint density at radius 2 is 0.222 bits per heavy atom. The van der Waals surface area contributed by atoms with Crippen LogP contribution in [0.3, 0.4) is 0 Å². The van der Waals surface area contributed by atoms with Crippen LogP contribution in [-0.2, 0) is 8.85 Å². The van der Waals surface area contributed by atoms with E-state index in [2.05, 4.69) is 8.85 Å². The molecule has 0 aliphatic carbocycles. The summed E-state index contributed by atoms with van der Waals surface area (Å²) in [4.78, 5) is 0. The lowest BCUT2D eigenvalue weighted by atomic mass is 10.3. The highest BCUT2D eigenvalue weighted by Gasteiger charge is 2.59. The second-order valence-corrected chi connectivity index (χ2v) is 20.0. The first-order chi connectivity index (χ1) is 33.2. The Labute approximate surface area is 377 Å². The molecule has 0 aliphatic rings. The molecule has 0 fully saturated rings. The maximum absolute atomic E-state index is 14.8. The molecule has 34 heteroatoms. The van der Waals surface area contributed by atoms with E-state index in [0.717, 1.165) is 0 Å². The summed E-state index contributed by atoms with van der Waals surface area (Å²) in [5.41, 5.74) is 0. The van der Waals surface area contributed by atoms with Crippen LogP contribution in [0.4, 0.5) is 132 Å². The predicted molar refractivity (Wildman–Crippen MR) is 181 cm³/mol. The number of halogens is 30. The van der Waals surface area contributed by atoms with Gasteiger partial charge in [0, 0.05) is 14.2 Å². The molecule has 6 aromatic rings. The molecule has 72 heavy (non-hydrogen) atoms. The molecule has 0 amide bonds. The Kier molecular flexibility index (Phi) is 15.3. The highest BCUT2D eigenvalue weighted by atomic mass is 28.4. The Morgan fingerprint density at radius 1 is 0.153 bits per heavy atom. The van der Waals surface area contributed by atoms with Crippen molar-refractivity contribution in [3.05, 3.63) is 175 Å². The molecule has 0 aliphatic heterocycles. The summed E-state index contributed by atoms with van der Waals surface area (Å²) in [6.07, 6.45) is 0. The molecule has 388 valence electrons. The van der Waals surface area contributed by atoms with E-state index in [1.54, 1.807) is 0 Å². The highest BCUT2D eigenvalue weighted by Crippen LogP contribution is 2.31. The molecule has 0 radical (unpaired) electrons. The fourth-order valence-electron chi connectivity index (χ4n) is 6.85. The van der Waals surface area contributed by atoms with Gasteiger partial charge in [-0.25, -0.2) is 132 Å². The summed E-state index contributed by atoms with van der Waals surface area (Å²) in [5.74, 6) is -91.8. The van der Waals surface area contributed by atoms with Crippen molar-refractivity contribution in [1.29, 1.82) is 0 Å². The van der Waals surface area contributed by atoms with Crippen molar-refractivity contribution in [3.8, 4) is 0 Å². The molecule has 0 aromatic heterocycles. The van der Waals surface area contributed by atoms with Gasteiger partial charge >= 0.3 is 16.6 Å². The molecule has 6 rings (SSSR count). The Morgan fingerprint density at radius 3 is 0.292 bits per heavy atom. The van der Waals surface area contributed by atoms with Gasteiger partial charge in [-0.15, -0.1) is 0 Å². The van der Waals surface area contributed by atoms with E-state index in [0.29, 0.717) is 0 Å². The quantitative estimate of drug-likeness (QED) is 0.0500. The molecular weight excluding hydrogens is 1110 g/mol. The zero-order valence-electron chi connectivity index (χ0n) is 33.2. The summed E-state index contributed by atoms with van der Waals surface area (Å²) in [6, 6.07) is 0. The molecule has 0 N–H and O–H groups in total. The van der Waals surface area contributed by atoms with E-state index in [9.17, 15) is 132 Å². The topological polar surface area (TPSA) is 18.5 Å². The molecule has 0 bridgehead atoms. The fourth-order valence-corrected chi connectivity index (χ4v) is 14.6. The Hall–Kier alpha value is -6.43. The van der Waals surface area contributed by atoms with Gasteiger partial charge in [0.2, 0.25) is 34.9 Å². The van der Waals surface area contributed by atoms with E-state index in [-0.39, 0.29) is 14.2 Å². The van der Waals surface area contributed by atoms with Gasteiger partial charge in [-0.05, 0) is 0 Å². The lowest BCUT2D eigenvalue weighted by Gasteiger charge is -2.33. The molecule has 0 unspecified atom stereocenters. The molecule has 0 atom stereocenters. The molecule has 0 saturated heterocycles. The standard InChI is InChI=1S/2C19H3F15OSi/c2*1-35-36(17-11(29)5(23)2(20)6(24)12(17)30,18-13(31)7(25)3(21)8(26)14(18)32)19-15(33)9(27)4(22)10(28)16(19)34/h2*1H3. The van der Waals surface area contributed by atoms with Gasteiger partial charge in [0.25, 0.3) is 0 Å². The van der Waals surface area contributed by atoms with Crippen LogP contribution in [0.25, 0.3) is 0 Å². The van der Waals surface area contributed by atoms with Crippen molar-refractivity contribution in [2.24, 2.45) is 0 Å². The van der Waals surface area contributed by atoms with E-state index < -0.39 is 222 Å².